The van der Waals surface area contributed by atoms with Crippen molar-refractivity contribution in [2.75, 3.05) is 29.2 Å². The lowest BCUT2D eigenvalue weighted by atomic mass is 9.93. The summed E-state index contributed by atoms with van der Waals surface area (Å²) in [4.78, 5) is 20.5. The minimum Gasteiger partial charge on any atom is -0.393 e. The third kappa shape index (κ3) is 3.12. The van der Waals surface area contributed by atoms with Gasteiger partial charge in [-0.25, -0.2) is 9.37 Å². The highest BCUT2D eigenvalue weighted by Crippen LogP contribution is 2.40. The monoisotopic (exact) mass is 370 g/mol. The van der Waals surface area contributed by atoms with E-state index in [0.29, 0.717) is 17.2 Å². The Kier molecular flexibility index (Phi) is 4.47. The molecule has 1 amide bonds. The lowest BCUT2D eigenvalue weighted by Crippen LogP contribution is -2.29. The predicted molar refractivity (Wildman–Crippen MR) is 103 cm³/mol. The van der Waals surface area contributed by atoms with Gasteiger partial charge in [0, 0.05) is 26.2 Å². The van der Waals surface area contributed by atoms with Crippen LogP contribution in [-0.4, -0.2) is 42.2 Å². The summed E-state index contributed by atoms with van der Waals surface area (Å²) >= 11 is 0. The predicted octanol–water partition coefficient (Wildman–Crippen LogP) is 3.29. The molecule has 6 nitrogen and oxygen atoms in total. The van der Waals surface area contributed by atoms with E-state index < -0.39 is 11.7 Å². The Labute approximate surface area is 157 Å². The Morgan fingerprint density at radius 3 is 2.59 bits per heavy atom. The molecule has 0 spiro atoms. The number of hydrogen-bond donors (Lipinski definition) is 2. The second kappa shape index (κ2) is 6.81. The van der Waals surface area contributed by atoms with Crippen molar-refractivity contribution >= 4 is 28.8 Å². The van der Waals surface area contributed by atoms with E-state index in [2.05, 4.69) is 10.3 Å². The Balaban J connectivity index is 1.70. The van der Waals surface area contributed by atoms with Crippen LogP contribution in [0.15, 0.2) is 30.5 Å². The van der Waals surface area contributed by atoms with Gasteiger partial charge in [-0.2, -0.15) is 0 Å². The minimum absolute atomic E-state index is 0.0643. The van der Waals surface area contributed by atoms with Crippen LogP contribution >= 0.6 is 0 Å². The number of nitrogens with zero attached hydrogens (tertiary/aromatic N) is 3. The fraction of sp³-hybridized carbons (Fsp3) is 0.400. The Hall–Kier alpha value is -2.67. The zero-order chi connectivity index (χ0) is 19.1. The van der Waals surface area contributed by atoms with Crippen molar-refractivity contribution in [2.45, 2.75) is 37.8 Å². The van der Waals surface area contributed by atoms with E-state index in [1.165, 1.54) is 11.0 Å². The van der Waals surface area contributed by atoms with E-state index in [1.54, 1.807) is 25.4 Å². The molecule has 0 saturated heterocycles. The molecule has 1 fully saturated rings. The van der Waals surface area contributed by atoms with Gasteiger partial charge in [0.05, 0.1) is 34.9 Å². The van der Waals surface area contributed by atoms with E-state index in [-0.39, 0.29) is 17.7 Å². The summed E-state index contributed by atoms with van der Waals surface area (Å²) in [6, 6.07) is 6.81. The van der Waals surface area contributed by atoms with Crippen molar-refractivity contribution in [2.24, 2.45) is 0 Å². The lowest BCUT2D eigenvalue weighted by Gasteiger charge is -2.28. The molecular formula is C20H23FN4O2. The molecule has 1 aliphatic heterocycles. The molecule has 2 N–H and O–H groups in total. The van der Waals surface area contributed by atoms with Crippen LogP contribution in [0.1, 0.15) is 36.0 Å². The van der Waals surface area contributed by atoms with Crippen molar-refractivity contribution in [3.8, 4) is 0 Å². The average molecular weight is 370 g/mol. The molecular weight excluding hydrogens is 347 g/mol. The summed E-state index contributed by atoms with van der Waals surface area (Å²) in [5.41, 5.74) is 2.00. The number of amides is 1. The van der Waals surface area contributed by atoms with E-state index >= 15 is 0 Å². The summed E-state index contributed by atoms with van der Waals surface area (Å²) in [5.74, 6) is -0.212. The highest BCUT2D eigenvalue weighted by molar-refractivity contribution is 6.13. The molecule has 27 heavy (non-hydrogen) atoms. The van der Waals surface area contributed by atoms with E-state index in [0.717, 1.165) is 31.4 Å². The number of carbonyl (C=O) groups excluding carboxylic acids is 1. The first-order valence-electron chi connectivity index (χ1n) is 9.20. The smallest absolute Gasteiger partial charge is 0.263 e. The van der Waals surface area contributed by atoms with Crippen LogP contribution in [0.5, 0.6) is 0 Å². The molecule has 1 aliphatic carbocycles. The average Bonchev–Trinajstić information content (AvgIpc) is 2.74. The topological polar surface area (TPSA) is 68.7 Å². The van der Waals surface area contributed by atoms with Crippen molar-refractivity contribution in [1.29, 1.82) is 0 Å². The number of fused-ring (bicyclic) bond motifs is 2. The van der Waals surface area contributed by atoms with Gasteiger partial charge in [0.2, 0.25) is 0 Å². The van der Waals surface area contributed by atoms with Gasteiger partial charge in [0.1, 0.15) is 11.6 Å². The molecule has 2 aliphatic rings. The molecule has 0 unspecified atom stereocenters. The van der Waals surface area contributed by atoms with Crippen LogP contribution in [0.25, 0.3) is 0 Å². The molecule has 0 bridgehead atoms. The zero-order valence-electron chi connectivity index (χ0n) is 15.4. The van der Waals surface area contributed by atoms with Crippen molar-refractivity contribution in [3.63, 3.8) is 0 Å². The standard InChI is InChI=1S/C20H23FN4O2/c1-24-15-5-3-4-14(21)19(15)20(27)25(2)17-11-22-18(10-16(17)24)23-12-6-8-13(26)9-7-12/h3-5,10-13,26H,6-9H2,1-2H3,(H,22,23)/t12-,13-. The van der Waals surface area contributed by atoms with Crippen molar-refractivity contribution in [3.05, 3.63) is 41.8 Å². The number of nitrogens with one attached hydrogen (secondary N) is 1. The molecule has 4 rings (SSSR count). The third-order valence-electron chi connectivity index (χ3n) is 5.50. The third-order valence-corrected chi connectivity index (χ3v) is 5.50. The number of aromatic nitrogens is 1. The fourth-order valence-electron chi connectivity index (χ4n) is 3.88. The fourth-order valence-corrected chi connectivity index (χ4v) is 3.88. The van der Waals surface area contributed by atoms with Gasteiger partial charge < -0.3 is 20.2 Å². The highest BCUT2D eigenvalue weighted by Gasteiger charge is 2.30. The first kappa shape index (κ1) is 17.7. The number of halogens is 1. The largest absolute Gasteiger partial charge is 0.393 e. The van der Waals surface area contributed by atoms with Gasteiger partial charge in [0.25, 0.3) is 5.91 Å². The van der Waals surface area contributed by atoms with Crippen LogP contribution in [0.3, 0.4) is 0 Å². The van der Waals surface area contributed by atoms with E-state index in [9.17, 15) is 14.3 Å². The van der Waals surface area contributed by atoms with Crippen LogP contribution in [-0.2, 0) is 0 Å². The SMILES string of the molecule is CN1C(=O)c2c(F)cccc2N(C)c2cc(N[C@H]3CC[C@H](O)CC3)ncc21. The minimum atomic E-state index is -0.531. The molecule has 7 heteroatoms. The second-order valence-electron chi connectivity index (χ2n) is 7.27. The molecule has 2 heterocycles. The zero-order valence-corrected chi connectivity index (χ0v) is 15.4. The summed E-state index contributed by atoms with van der Waals surface area (Å²) in [6.45, 7) is 0. The molecule has 1 aromatic heterocycles. The number of hydrogen-bond acceptors (Lipinski definition) is 5. The van der Waals surface area contributed by atoms with Gasteiger partial charge in [-0.1, -0.05) is 6.07 Å². The maximum absolute atomic E-state index is 14.4. The molecule has 142 valence electrons. The quantitative estimate of drug-likeness (QED) is 0.849. The number of pyridine rings is 1. The number of carbonyl (C=O) groups is 1. The second-order valence-corrected chi connectivity index (χ2v) is 7.27. The van der Waals surface area contributed by atoms with Crippen molar-refractivity contribution < 1.29 is 14.3 Å². The van der Waals surface area contributed by atoms with Crippen LogP contribution < -0.4 is 15.1 Å². The highest BCUT2D eigenvalue weighted by atomic mass is 19.1. The van der Waals surface area contributed by atoms with Crippen LogP contribution in [0.2, 0.25) is 0 Å². The molecule has 0 radical (unpaired) electrons. The number of benzene rings is 1. The lowest BCUT2D eigenvalue weighted by molar-refractivity contribution is 0.0990. The number of anilines is 4. The molecule has 1 aromatic carbocycles. The van der Waals surface area contributed by atoms with E-state index in [4.69, 9.17) is 0 Å². The van der Waals surface area contributed by atoms with Crippen LogP contribution in [0, 0.1) is 5.82 Å². The molecule has 1 saturated carbocycles. The maximum Gasteiger partial charge on any atom is 0.263 e. The Bertz CT molecular complexity index is 880. The summed E-state index contributed by atoms with van der Waals surface area (Å²) in [6.07, 6.45) is 4.79. The van der Waals surface area contributed by atoms with E-state index in [1.807, 2.05) is 18.0 Å². The summed E-state index contributed by atoms with van der Waals surface area (Å²) < 4.78 is 14.4. The summed E-state index contributed by atoms with van der Waals surface area (Å²) in [7, 11) is 3.46. The van der Waals surface area contributed by atoms with Gasteiger partial charge in [-0.15, -0.1) is 0 Å². The van der Waals surface area contributed by atoms with Gasteiger partial charge in [-0.3, -0.25) is 4.79 Å². The van der Waals surface area contributed by atoms with Gasteiger partial charge >= 0.3 is 0 Å². The van der Waals surface area contributed by atoms with Gasteiger partial charge in [0.15, 0.2) is 0 Å². The molecule has 0 atom stereocenters. The first-order chi connectivity index (χ1) is 13.0. The van der Waals surface area contributed by atoms with Crippen LogP contribution in [0.4, 0.5) is 27.3 Å². The molecule has 2 aromatic rings. The summed E-state index contributed by atoms with van der Waals surface area (Å²) in [5, 5.41) is 13.1. The Morgan fingerprint density at radius 1 is 1.11 bits per heavy atom. The van der Waals surface area contributed by atoms with Crippen molar-refractivity contribution in [1.82, 2.24) is 4.98 Å². The Morgan fingerprint density at radius 2 is 1.85 bits per heavy atom. The van der Waals surface area contributed by atoms with Gasteiger partial charge in [-0.05, 0) is 37.8 Å². The first-order valence-corrected chi connectivity index (χ1v) is 9.20. The number of rotatable bonds is 2. The number of aliphatic hydroxyl groups excluding tert-OH is 1. The normalized spacial score (nSPS) is 22.1. The number of aliphatic hydroxyl groups is 1. The maximum atomic E-state index is 14.4.